The molecule has 0 aromatic heterocycles. The Kier molecular flexibility index (Phi) is 3.76. The number of nitrogens with zero attached hydrogens (tertiary/aromatic N) is 2. The molecule has 0 atom stereocenters. The molecule has 8 heteroatoms. The largest absolute Gasteiger partial charge is 0.324 e. The second-order valence-corrected chi connectivity index (χ2v) is 7.65. The Morgan fingerprint density at radius 1 is 1.32 bits per heavy atom. The lowest BCUT2D eigenvalue weighted by Crippen LogP contribution is -2.50. The standard InChI is InChI=1S/C17H20N4O3S/c22-15-10-25-14-4-3-12(9-13(14)19-15)21-11-17(23-16(21)24-17)5-6-18-20-7-1-2-8-20/h1-4,9,16,18H,5-8,10-11H2,(H,19,22). The van der Waals surface area contributed by atoms with Crippen molar-refractivity contribution in [1.29, 1.82) is 0 Å². The molecule has 0 spiro atoms. The van der Waals surface area contributed by atoms with Gasteiger partial charge in [-0.2, -0.15) is 0 Å². The minimum Gasteiger partial charge on any atom is -0.324 e. The van der Waals surface area contributed by atoms with Gasteiger partial charge in [-0.05, 0) is 18.2 Å². The van der Waals surface area contributed by atoms with Crippen LogP contribution in [0.1, 0.15) is 6.42 Å². The van der Waals surface area contributed by atoms with Gasteiger partial charge in [0.15, 0.2) is 5.79 Å². The van der Waals surface area contributed by atoms with Crippen LogP contribution in [0.4, 0.5) is 11.4 Å². The van der Waals surface area contributed by atoms with Gasteiger partial charge in [0.2, 0.25) is 12.3 Å². The first-order valence-corrected chi connectivity index (χ1v) is 9.52. The predicted molar refractivity (Wildman–Crippen MR) is 95.2 cm³/mol. The van der Waals surface area contributed by atoms with Crippen LogP contribution in [0.2, 0.25) is 0 Å². The van der Waals surface area contributed by atoms with Crippen LogP contribution in [0.3, 0.4) is 0 Å². The summed E-state index contributed by atoms with van der Waals surface area (Å²) in [5.74, 6) is 0.0125. The number of ether oxygens (including phenoxy) is 2. The molecule has 1 aromatic carbocycles. The number of nitrogens with one attached hydrogen (secondary N) is 2. The average molecular weight is 360 g/mol. The van der Waals surface area contributed by atoms with E-state index in [1.54, 1.807) is 11.8 Å². The second-order valence-electron chi connectivity index (χ2n) is 6.63. The number of thioether (sulfide) groups is 1. The normalized spacial score (nSPS) is 30.3. The van der Waals surface area contributed by atoms with E-state index in [1.165, 1.54) is 0 Å². The minimum atomic E-state index is -0.515. The van der Waals surface area contributed by atoms with E-state index in [2.05, 4.69) is 44.9 Å². The summed E-state index contributed by atoms with van der Waals surface area (Å²) in [6, 6.07) is 6.13. The number of carbonyl (C=O) groups excluding carboxylic acids is 1. The van der Waals surface area contributed by atoms with Crippen LogP contribution in [-0.4, -0.2) is 55.0 Å². The molecule has 5 aliphatic heterocycles. The van der Waals surface area contributed by atoms with Gasteiger partial charge in [0.05, 0.1) is 18.0 Å². The summed E-state index contributed by atoms with van der Waals surface area (Å²) in [4.78, 5) is 14.8. The number of rotatable bonds is 5. The van der Waals surface area contributed by atoms with E-state index in [0.29, 0.717) is 12.3 Å². The molecule has 5 aliphatic rings. The molecule has 6 rings (SSSR count). The first-order chi connectivity index (χ1) is 12.2. The van der Waals surface area contributed by atoms with Gasteiger partial charge in [0, 0.05) is 36.6 Å². The lowest BCUT2D eigenvalue weighted by Gasteiger charge is -2.37. The first kappa shape index (κ1) is 15.7. The van der Waals surface area contributed by atoms with Crippen molar-refractivity contribution in [2.75, 3.05) is 42.1 Å². The Morgan fingerprint density at radius 3 is 3.00 bits per heavy atom. The van der Waals surface area contributed by atoms with Crippen molar-refractivity contribution in [3.63, 3.8) is 0 Å². The van der Waals surface area contributed by atoms with Crippen LogP contribution in [0.25, 0.3) is 0 Å². The molecule has 0 radical (unpaired) electrons. The van der Waals surface area contributed by atoms with Crippen LogP contribution in [-0.2, 0) is 14.3 Å². The van der Waals surface area contributed by atoms with Gasteiger partial charge in [0.1, 0.15) is 0 Å². The van der Waals surface area contributed by atoms with Crippen LogP contribution < -0.4 is 15.6 Å². The molecule has 2 bridgehead atoms. The third-order valence-electron chi connectivity index (χ3n) is 4.88. The smallest absolute Gasteiger partial charge is 0.245 e. The van der Waals surface area contributed by atoms with Crippen molar-refractivity contribution in [1.82, 2.24) is 10.4 Å². The molecule has 25 heavy (non-hydrogen) atoms. The molecule has 5 heterocycles. The molecule has 3 saturated heterocycles. The Labute approximate surface area is 150 Å². The zero-order chi connectivity index (χ0) is 16.9. The van der Waals surface area contributed by atoms with E-state index < -0.39 is 5.79 Å². The number of hydrogen-bond acceptors (Lipinski definition) is 7. The molecule has 3 fully saturated rings. The summed E-state index contributed by atoms with van der Waals surface area (Å²) < 4.78 is 11.9. The van der Waals surface area contributed by atoms with E-state index in [-0.39, 0.29) is 12.3 Å². The Morgan fingerprint density at radius 2 is 2.16 bits per heavy atom. The number of amides is 1. The molecule has 0 saturated carbocycles. The van der Waals surface area contributed by atoms with Crippen LogP contribution in [0.15, 0.2) is 35.2 Å². The van der Waals surface area contributed by atoms with Crippen molar-refractivity contribution in [2.45, 2.75) is 23.5 Å². The van der Waals surface area contributed by atoms with Crippen molar-refractivity contribution in [3.05, 3.63) is 30.4 Å². The van der Waals surface area contributed by atoms with Crippen molar-refractivity contribution in [2.24, 2.45) is 0 Å². The van der Waals surface area contributed by atoms with E-state index in [9.17, 15) is 4.79 Å². The molecule has 1 amide bonds. The van der Waals surface area contributed by atoms with Crippen LogP contribution >= 0.6 is 11.8 Å². The fraction of sp³-hybridized carbons (Fsp3) is 0.471. The fourth-order valence-corrected chi connectivity index (χ4v) is 4.37. The van der Waals surface area contributed by atoms with Gasteiger partial charge < -0.3 is 19.7 Å². The molecule has 132 valence electrons. The molecule has 1 aromatic rings. The molecular formula is C17H20N4O3S. The monoisotopic (exact) mass is 360 g/mol. The third kappa shape index (κ3) is 2.84. The highest BCUT2D eigenvalue weighted by atomic mass is 32.2. The van der Waals surface area contributed by atoms with Crippen LogP contribution in [0, 0.1) is 0 Å². The Bertz CT molecular complexity index is 727. The van der Waals surface area contributed by atoms with E-state index in [4.69, 9.17) is 9.47 Å². The number of fused-ring (bicyclic) bond motifs is 2. The lowest BCUT2D eigenvalue weighted by atomic mass is 10.2. The number of hydrazine groups is 1. The van der Waals surface area contributed by atoms with E-state index in [0.717, 1.165) is 42.3 Å². The molecular weight excluding hydrogens is 340 g/mol. The average Bonchev–Trinajstić information content (AvgIpc) is 3.29. The molecule has 0 aliphatic carbocycles. The SMILES string of the molecule is O=C1CSc2ccc(N3CC4(CCNN5CC=CC5)OC3O4)cc2N1. The fourth-order valence-electron chi connectivity index (χ4n) is 3.58. The first-order valence-electron chi connectivity index (χ1n) is 8.53. The summed E-state index contributed by atoms with van der Waals surface area (Å²) in [6.07, 6.45) is 4.79. The topological polar surface area (TPSA) is 66.1 Å². The third-order valence-corrected chi connectivity index (χ3v) is 5.96. The zero-order valence-electron chi connectivity index (χ0n) is 13.7. The Hall–Kier alpha value is -1.58. The highest BCUT2D eigenvalue weighted by Crippen LogP contribution is 2.46. The molecule has 0 unspecified atom stereocenters. The highest BCUT2D eigenvalue weighted by molar-refractivity contribution is 8.00. The highest BCUT2D eigenvalue weighted by Gasteiger charge is 2.58. The zero-order valence-corrected chi connectivity index (χ0v) is 14.6. The minimum absolute atomic E-state index is 0.0480. The summed E-state index contributed by atoms with van der Waals surface area (Å²) >= 11 is 1.57. The van der Waals surface area contributed by atoms with Crippen molar-refractivity contribution >= 4 is 29.0 Å². The summed E-state index contributed by atoms with van der Waals surface area (Å²) in [6.45, 7) is 3.42. The van der Waals surface area contributed by atoms with Gasteiger partial charge in [-0.1, -0.05) is 12.2 Å². The molecule has 2 N–H and O–H groups in total. The van der Waals surface area contributed by atoms with Crippen molar-refractivity contribution < 1.29 is 14.3 Å². The number of carbonyl (C=O) groups is 1. The second kappa shape index (κ2) is 6.00. The van der Waals surface area contributed by atoms with E-state index in [1.807, 2.05) is 6.07 Å². The lowest BCUT2D eigenvalue weighted by molar-refractivity contribution is -0.406. The van der Waals surface area contributed by atoms with Gasteiger partial charge in [0.25, 0.3) is 0 Å². The summed E-state index contributed by atoms with van der Waals surface area (Å²) in [7, 11) is 0. The van der Waals surface area contributed by atoms with Gasteiger partial charge >= 0.3 is 0 Å². The van der Waals surface area contributed by atoms with Gasteiger partial charge in [-0.15, -0.1) is 11.8 Å². The Balaban J connectivity index is 1.22. The maximum atomic E-state index is 11.6. The van der Waals surface area contributed by atoms with Gasteiger partial charge in [-0.25, -0.2) is 5.01 Å². The van der Waals surface area contributed by atoms with E-state index >= 15 is 0 Å². The quantitative estimate of drug-likeness (QED) is 0.768. The summed E-state index contributed by atoms with van der Waals surface area (Å²) in [5, 5.41) is 5.11. The number of hydrogen-bond donors (Lipinski definition) is 2. The maximum Gasteiger partial charge on any atom is 0.245 e. The molecule has 7 nitrogen and oxygen atoms in total. The number of anilines is 2. The van der Waals surface area contributed by atoms with Crippen LogP contribution in [0.5, 0.6) is 0 Å². The number of benzene rings is 1. The maximum absolute atomic E-state index is 11.6. The summed E-state index contributed by atoms with van der Waals surface area (Å²) in [5.41, 5.74) is 5.29. The van der Waals surface area contributed by atoms with Crippen molar-refractivity contribution in [3.8, 4) is 0 Å². The predicted octanol–water partition coefficient (Wildman–Crippen LogP) is 1.34. The van der Waals surface area contributed by atoms with Gasteiger partial charge in [-0.3, -0.25) is 10.2 Å².